The van der Waals surface area contributed by atoms with Crippen LogP contribution in [0.1, 0.15) is 342 Å². The van der Waals surface area contributed by atoms with Gasteiger partial charge in [0.2, 0.25) is 0 Å². The number of rotatable bonds is 64. The lowest BCUT2D eigenvalue weighted by Gasteiger charge is -2.18. The van der Waals surface area contributed by atoms with Crippen LogP contribution in [-0.4, -0.2) is 37.2 Å². The molecule has 1 unspecified atom stereocenters. The lowest BCUT2D eigenvalue weighted by molar-refractivity contribution is -0.167. The van der Waals surface area contributed by atoms with Gasteiger partial charge in [0.1, 0.15) is 13.2 Å². The van der Waals surface area contributed by atoms with Crippen LogP contribution in [0.2, 0.25) is 0 Å². The van der Waals surface area contributed by atoms with Gasteiger partial charge in [-0.25, -0.2) is 0 Å². The highest BCUT2D eigenvalue weighted by Gasteiger charge is 2.19. The molecule has 0 saturated carbocycles. The van der Waals surface area contributed by atoms with Crippen molar-refractivity contribution >= 4 is 17.9 Å². The molecule has 0 aliphatic rings. The third kappa shape index (κ3) is 68.7. The lowest BCUT2D eigenvalue weighted by atomic mass is 10.0. The van der Waals surface area contributed by atoms with Gasteiger partial charge in [0, 0.05) is 19.3 Å². The highest BCUT2D eigenvalue weighted by atomic mass is 16.6. The molecular weight excluding hydrogens is 1020 g/mol. The number of carbonyl (C=O) groups excluding carboxylic acids is 3. The molecule has 0 aliphatic heterocycles. The number of allylic oxidation sites excluding steroid dienone is 18. The van der Waals surface area contributed by atoms with Crippen molar-refractivity contribution in [3.05, 3.63) is 109 Å². The largest absolute Gasteiger partial charge is 0.462 e. The molecule has 83 heavy (non-hydrogen) atoms. The molecule has 0 saturated heterocycles. The Balaban J connectivity index is 4.39. The van der Waals surface area contributed by atoms with E-state index in [1.54, 1.807) is 0 Å². The minimum Gasteiger partial charge on any atom is -0.462 e. The average molecular weight is 1150 g/mol. The van der Waals surface area contributed by atoms with Gasteiger partial charge in [-0.3, -0.25) is 14.4 Å². The number of hydrogen-bond acceptors (Lipinski definition) is 6. The first-order valence-corrected chi connectivity index (χ1v) is 35.4. The molecule has 1 atom stereocenters. The van der Waals surface area contributed by atoms with E-state index in [1.807, 2.05) is 0 Å². The summed E-state index contributed by atoms with van der Waals surface area (Å²) in [5.74, 6) is -0.903. The molecule has 0 bridgehead atoms. The maximum atomic E-state index is 13.0. The van der Waals surface area contributed by atoms with E-state index >= 15 is 0 Å². The number of ether oxygens (including phenoxy) is 3. The molecule has 0 aromatic rings. The summed E-state index contributed by atoms with van der Waals surface area (Å²) < 4.78 is 17.0. The lowest BCUT2D eigenvalue weighted by Crippen LogP contribution is -2.30. The highest BCUT2D eigenvalue weighted by Crippen LogP contribution is 2.16. The second-order valence-electron chi connectivity index (χ2n) is 23.4. The van der Waals surface area contributed by atoms with Crippen molar-refractivity contribution in [2.75, 3.05) is 13.2 Å². The second kappa shape index (κ2) is 70.6. The molecular formula is C77H132O6. The molecule has 0 aromatic heterocycles. The first-order valence-electron chi connectivity index (χ1n) is 35.4. The fourth-order valence-electron chi connectivity index (χ4n) is 9.94. The van der Waals surface area contributed by atoms with Gasteiger partial charge < -0.3 is 14.2 Å². The third-order valence-electron chi connectivity index (χ3n) is 15.2. The number of hydrogen-bond donors (Lipinski definition) is 0. The van der Waals surface area contributed by atoms with Gasteiger partial charge in [-0.15, -0.1) is 0 Å². The van der Waals surface area contributed by atoms with E-state index in [0.29, 0.717) is 19.3 Å². The van der Waals surface area contributed by atoms with Crippen molar-refractivity contribution in [1.29, 1.82) is 0 Å². The van der Waals surface area contributed by atoms with Crippen LogP contribution in [0.5, 0.6) is 0 Å². The topological polar surface area (TPSA) is 78.9 Å². The molecule has 6 nitrogen and oxygen atoms in total. The van der Waals surface area contributed by atoms with Gasteiger partial charge in [0.25, 0.3) is 0 Å². The maximum Gasteiger partial charge on any atom is 0.306 e. The molecule has 0 amide bonds. The predicted molar refractivity (Wildman–Crippen MR) is 362 cm³/mol. The van der Waals surface area contributed by atoms with Crippen LogP contribution in [0.4, 0.5) is 0 Å². The van der Waals surface area contributed by atoms with Crippen molar-refractivity contribution in [2.45, 2.75) is 348 Å². The zero-order valence-electron chi connectivity index (χ0n) is 54.7. The molecule has 0 N–H and O–H groups in total. The minimum absolute atomic E-state index is 0.0881. The quantitative estimate of drug-likeness (QED) is 0.0261. The first-order chi connectivity index (χ1) is 41.0. The molecule has 0 aromatic carbocycles. The van der Waals surface area contributed by atoms with Crippen LogP contribution in [0.3, 0.4) is 0 Å². The van der Waals surface area contributed by atoms with E-state index in [-0.39, 0.29) is 31.1 Å². The third-order valence-corrected chi connectivity index (χ3v) is 15.2. The Morgan fingerprint density at radius 1 is 0.253 bits per heavy atom. The van der Waals surface area contributed by atoms with Crippen LogP contribution in [-0.2, 0) is 28.6 Å². The minimum atomic E-state index is -0.794. The van der Waals surface area contributed by atoms with Gasteiger partial charge in [0.05, 0.1) is 0 Å². The van der Waals surface area contributed by atoms with E-state index in [0.717, 1.165) is 128 Å². The Hall–Kier alpha value is -3.93. The van der Waals surface area contributed by atoms with Crippen molar-refractivity contribution in [3.63, 3.8) is 0 Å². The number of carbonyl (C=O) groups is 3. The van der Waals surface area contributed by atoms with E-state index < -0.39 is 6.10 Å². The van der Waals surface area contributed by atoms with Crippen molar-refractivity contribution < 1.29 is 28.6 Å². The molecule has 0 spiro atoms. The van der Waals surface area contributed by atoms with Crippen molar-refractivity contribution in [3.8, 4) is 0 Å². The molecule has 0 heterocycles. The molecule has 0 aliphatic carbocycles. The summed E-state index contributed by atoms with van der Waals surface area (Å²) in [7, 11) is 0. The fourth-order valence-corrected chi connectivity index (χ4v) is 9.94. The summed E-state index contributed by atoms with van der Waals surface area (Å²) in [6, 6.07) is 0. The van der Waals surface area contributed by atoms with E-state index in [2.05, 4.69) is 130 Å². The van der Waals surface area contributed by atoms with Crippen LogP contribution in [0, 0.1) is 0 Å². The van der Waals surface area contributed by atoms with E-state index in [1.165, 1.54) is 173 Å². The highest BCUT2D eigenvalue weighted by molar-refractivity contribution is 5.71. The smallest absolute Gasteiger partial charge is 0.306 e. The van der Waals surface area contributed by atoms with E-state index in [9.17, 15) is 14.4 Å². The summed E-state index contributed by atoms with van der Waals surface area (Å²) in [6.45, 7) is 6.53. The molecule has 0 radical (unpaired) electrons. The Kier molecular flexibility index (Phi) is 67.2. The van der Waals surface area contributed by atoms with Crippen molar-refractivity contribution in [2.24, 2.45) is 0 Å². The number of unbranched alkanes of at least 4 members (excludes halogenated alkanes) is 35. The monoisotopic (exact) mass is 1150 g/mol. The zero-order chi connectivity index (χ0) is 59.9. The summed E-state index contributed by atoms with van der Waals surface area (Å²) in [5, 5.41) is 0. The van der Waals surface area contributed by atoms with Crippen LogP contribution >= 0.6 is 0 Å². The molecule has 6 heteroatoms. The van der Waals surface area contributed by atoms with E-state index in [4.69, 9.17) is 14.2 Å². The summed E-state index contributed by atoms with van der Waals surface area (Å²) >= 11 is 0. The summed E-state index contributed by atoms with van der Waals surface area (Å²) in [6.07, 6.45) is 96.8. The normalized spacial score (nSPS) is 12.8. The van der Waals surface area contributed by atoms with Gasteiger partial charge in [-0.1, -0.05) is 304 Å². The van der Waals surface area contributed by atoms with Crippen LogP contribution in [0.15, 0.2) is 109 Å². The van der Waals surface area contributed by atoms with Gasteiger partial charge in [-0.2, -0.15) is 0 Å². The van der Waals surface area contributed by atoms with Gasteiger partial charge >= 0.3 is 17.9 Å². The molecule has 0 rings (SSSR count). The summed E-state index contributed by atoms with van der Waals surface area (Å²) in [5.41, 5.74) is 0. The number of esters is 3. The van der Waals surface area contributed by atoms with Gasteiger partial charge in [-0.05, 0) is 128 Å². The Morgan fingerprint density at radius 2 is 0.470 bits per heavy atom. The standard InChI is InChI=1S/C77H132O6/c1-4-7-10-13-16-19-22-25-28-30-32-34-36-37-38-39-41-42-44-46-49-52-55-58-61-64-67-70-76(79)82-73-74(72-81-75(78)69-66-63-60-57-54-51-48-27-24-21-18-15-12-9-6-3)83-77(80)71-68-65-62-59-56-53-50-47-45-43-40-35-33-31-29-26-23-20-17-14-11-8-5-2/h7,10,16,19,25,27-28,31-34,37-38,41-42,46,48-49,74H,4-6,8-9,11-15,17-18,20-24,26,29-30,35-36,39-40,43-45,47,50-73H2,1-3H3/b10-7-,19-16-,28-25-,33-31-,34-32-,38-37-,42-41-,48-27-,49-46-. The molecule has 476 valence electrons. The van der Waals surface area contributed by atoms with Crippen molar-refractivity contribution in [1.82, 2.24) is 0 Å². The summed E-state index contributed by atoms with van der Waals surface area (Å²) in [4.78, 5) is 38.5. The Bertz CT molecular complexity index is 1660. The fraction of sp³-hybridized carbons (Fsp3) is 0.727. The average Bonchev–Trinajstić information content (AvgIpc) is 3.49. The first kappa shape index (κ1) is 79.1. The SMILES string of the molecule is CC/C=C\C/C=C\C/C=C\C/C=C\C/C=C\C/C=C\C/C=C\CCCCCCCC(=O)OCC(COC(=O)CCCCCCC/C=C\CCCCCCCC)OC(=O)CCCCCCCCCCCCC/C=C\CCCCCCCCCC. The van der Waals surface area contributed by atoms with Crippen LogP contribution < -0.4 is 0 Å². The Morgan fingerprint density at radius 3 is 0.747 bits per heavy atom. The Labute approximate surface area is 514 Å². The maximum absolute atomic E-state index is 13.0. The van der Waals surface area contributed by atoms with Gasteiger partial charge in [0.15, 0.2) is 6.10 Å². The zero-order valence-corrected chi connectivity index (χ0v) is 54.7. The second-order valence-corrected chi connectivity index (χ2v) is 23.4. The predicted octanol–water partition coefficient (Wildman–Crippen LogP) is 24.6. The molecule has 0 fully saturated rings. The van der Waals surface area contributed by atoms with Crippen LogP contribution in [0.25, 0.3) is 0 Å².